The zero-order valence-corrected chi connectivity index (χ0v) is 10.7. The van der Waals surface area contributed by atoms with Gasteiger partial charge in [0.15, 0.2) is 0 Å². The summed E-state index contributed by atoms with van der Waals surface area (Å²) in [6.07, 6.45) is 6.70. The minimum Gasteiger partial charge on any atom is -0.393 e. The zero-order chi connectivity index (χ0) is 11.4. The zero-order valence-electron chi connectivity index (χ0n) is 9.86. The second kappa shape index (κ2) is 5.56. The molecule has 0 radical (unpaired) electrons. The molecule has 0 amide bonds. The van der Waals surface area contributed by atoms with E-state index in [1.807, 2.05) is 17.8 Å². The average molecular weight is 242 g/mol. The Morgan fingerprint density at radius 1 is 1.50 bits per heavy atom. The molecule has 3 heteroatoms. The molecule has 0 aromatic carbocycles. The Balaban J connectivity index is 1.94. The first-order valence-electron chi connectivity index (χ1n) is 6.26. The van der Waals surface area contributed by atoms with E-state index >= 15 is 0 Å². The van der Waals surface area contributed by atoms with E-state index < -0.39 is 0 Å². The van der Waals surface area contributed by atoms with Crippen LogP contribution in [-0.4, -0.2) is 34.9 Å². The normalized spacial score (nSPS) is 31.2. The monoisotopic (exact) mass is 242 g/mol. The third-order valence-corrected chi connectivity index (χ3v) is 4.87. The molecule has 2 saturated heterocycles. The van der Waals surface area contributed by atoms with Gasteiger partial charge in [-0.15, -0.1) is 6.58 Å². The maximum absolute atomic E-state index is 10.1. The van der Waals surface area contributed by atoms with Crippen molar-refractivity contribution in [2.45, 2.75) is 43.8 Å². The van der Waals surface area contributed by atoms with Crippen LogP contribution in [0.15, 0.2) is 12.7 Å². The number of thioether (sulfide) groups is 1. The predicted molar refractivity (Wildman–Crippen MR) is 68.8 cm³/mol. The number of hydrogen-bond donors (Lipinski definition) is 1. The molecule has 2 fully saturated rings. The van der Waals surface area contributed by atoms with E-state index in [9.17, 15) is 5.11 Å². The SMILES string of the molecule is C=CCC(O)C1CCOC2(CCSCC2)C1. The summed E-state index contributed by atoms with van der Waals surface area (Å²) < 4.78 is 6.01. The molecule has 2 aliphatic heterocycles. The highest BCUT2D eigenvalue weighted by Crippen LogP contribution is 2.40. The molecule has 0 bridgehead atoms. The first-order chi connectivity index (χ1) is 7.76. The largest absolute Gasteiger partial charge is 0.393 e. The third kappa shape index (κ3) is 2.82. The Morgan fingerprint density at radius 3 is 2.94 bits per heavy atom. The van der Waals surface area contributed by atoms with Crippen molar-refractivity contribution in [3.05, 3.63) is 12.7 Å². The molecule has 2 heterocycles. The molecule has 2 unspecified atom stereocenters. The molecule has 2 atom stereocenters. The van der Waals surface area contributed by atoms with Gasteiger partial charge < -0.3 is 9.84 Å². The number of aliphatic hydroxyl groups excluding tert-OH is 1. The fraction of sp³-hybridized carbons (Fsp3) is 0.846. The van der Waals surface area contributed by atoms with Gasteiger partial charge in [0.1, 0.15) is 0 Å². The summed E-state index contributed by atoms with van der Waals surface area (Å²) in [5.74, 6) is 2.84. The smallest absolute Gasteiger partial charge is 0.0701 e. The van der Waals surface area contributed by atoms with Crippen LogP contribution in [-0.2, 0) is 4.74 Å². The van der Waals surface area contributed by atoms with Gasteiger partial charge in [-0.1, -0.05) is 6.08 Å². The van der Waals surface area contributed by atoms with Crippen LogP contribution in [0, 0.1) is 5.92 Å². The van der Waals surface area contributed by atoms with Gasteiger partial charge in [-0.2, -0.15) is 11.8 Å². The lowest BCUT2D eigenvalue weighted by Crippen LogP contribution is -2.45. The summed E-state index contributed by atoms with van der Waals surface area (Å²) in [4.78, 5) is 0. The van der Waals surface area contributed by atoms with Crippen LogP contribution in [0.1, 0.15) is 32.1 Å². The Hall–Kier alpha value is 0.0100. The van der Waals surface area contributed by atoms with Crippen LogP contribution in [0.3, 0.4) is 0 Å². The van der Waals surface area contributed by atoms with Crippen molar-refractivity contribution in [2.75, 3.05) is 18.1 Å². The lowest BCUT2D eigenvalue weighted by atomic mass is 9.79. The highest BCUT2D eigenvalue weighted by molar-refractivity contribution is 7.99. The molecule has 2 aliphatic rings. The van der Waals surface area contributed by atoms with Crippen molar-refractivity contribution < 1.29 is 9.84 Å². The van der Waals surface area contributed by atoms with E-state index in [1.54, 1.807) is 0 Å². The van der Waals surface area contributed by atoms with Crippen LogP contribution < -0.4 is 0 Å². The van der Waals surface area contributed by atoms with Crippen molar-refractivity contribution in [3.8, 4) is 0 Å². The van der Waals surface area contributed by atoms with Crippen LogP contribution in [0.5, 0.6) is 0 Å². The maximum atomic E-state index is 10.1. The number of rotatable bonds is 3. The predicted octanol–water partition coefficient (Wildman–Crippen LogP) is 2.62. The van der Waals surface area contributed by atoms with E-state index in [0.29, 0.717) is 5.92 Å². The highest BCUT2D eigenvalue weighted by atomic mass is 32.2. The van der Waals surface area contributed by atoms with Crippen LogP contribution in [0.25, 0.3) is 0 Å². The van der Waals surface area contributed by atoms with E-state index in [2.05, 4.69) is 6.58 Å². The molecular weight excluding hydrogens is 220 g/mol. The molecular formula is C13H22O2S. The lowest BCUT2D eigenvalue weighted by Gasteiger charge is -2.44. The Labute approximate surface area is 102 Å². The topological polar surface area (TPSA) is 29.5 Å². The van der Waals surface area contributed by atoms with Gasteiger partial charge in [0.2, 0.25) is 0 Å². The molecule has 0 saturated carbocycles. The number of aliphatic hydroxyl groups is 1. The molecule has 0 aromatic rings. The average Bonchev–Trinajstić information content (AvgIpc) is 2.30. The molecule has 1 spiro atoms. The minimum absolute atomic E-state index is 0.0936. The first-order valence-corrected chi connectivity index (χ1v) is 7.42. The number of hydrogen-bond acceptors (Lipinski definition) is 3. The molecule has 0 aromatic heterocycles. The Morgan fingerprint density at radius 2 is 2.25 bits per heavy atom. The first kappa shape index (κ1) is 12.5. The minimum atomic E-state index is -0.215. The van der Waals surface area contributed by atoms with Crippen molar-refractivity contribution in [1.82, 2.24) is 0 Å². The maximum Gasteiger partial charge on any atom is 0.0701 e. The van der Waals surface area contributed by atoms with Crippen LogP contribution in [0.4, 0.5) is 0 Å². The molecule has 2 nitrogen and oxygen atoms in total. The van der Waals surface area contributed by atoms with Crippen molar-refractivity contribution in [3.63, 3.8) is 0 Å². The Kier molecular flexibility index (Phi) is 4.34. The van der Waals surface area contributed by atoms with Crippen LogP contribution >= 0.6 is 11.8 Å². The second-order valence-electron chi connectivity index (χ2n) is 4.99. The molecule has 16 heavy (non-hydrogen) atoms. The van der Waals surface area contributed by atoms with Gasteiger partial charge in [0.25, 0.3) is 0 Å². The summed E-state index contributed by atoms with van der Waals surface area (Å²) >= 11 is 2.02. The van der Waals surface area contributed by atoms with E-state index in [0.717, 1.165) is 38.7 Å². The molecule has 92 valence electrons. The van der Waals surface area contributed by atoms with Crippen molar-refractivity contribution >= 4 is 11.8 Å². The third-order valence-electron chi connectivity index (χ3n) is 3.89. The summed E-state index contributed by atoms with van der Waals surface area (Å²) in [6.45, 7) is 4.53. The van der Waals surface area contributed by atoms with Gasteiger partial charge in [0, 0.05) is 6.61 Å². The molecule has 0 aliphatic carbocycles. The van der Waals surface area contributed by atoms with Gasteiger partial charge >= 0.3 is 0 Å². The van der Waals surface area contributed by atoms with Gasteiger partial charge in [0.05, 0.1) is 11.7 Å². The van der Waals surface area contributed by atoms with Crippen LogP contribution in [0.2, 0.25) is 0 Å². The van der Waals surface area contributed by atoms with E-state index in [4.69, 9.17) is 4.74 Å². The van der Waals surface area contributed by atoms with Crippen molar-refractivity contribution in [2.24, 2.45) is 5.92 Å². The quantitative estimate of drug-likeness (QED) is 0.771. The standard InChI is InChI=1S/C13H22O2S/c1-2-3-12(14)11-4-7-15-13(10-11)5-8-16-9-6-13/h2,11-12,14H,1,3-10H2. The van der Waals surface area contributed by atoms with Gasteiger partial charge in [-0.3, -0.25) is 0 Å². The van der Waals surface area contributed by atoms with Gasteiger partial charge in [-0.25, -0.2) is 0 Å². The number of ether oxygens (including phenoxy) is 1. The summed E-state index contributed by atoms with van der Waals surface area (Å²) in [7, 11) is 0. The second-order valence-corrected chi connectivity index (χ2v) is 6.21. The lowest BCUT2D eigenvalue weighted by molar-refractivity contribution is -0.120. The Bertz CT molecular complexity index is 231. The van der Waals surface area contributed by atoms with E-state index in [-0.39, 0.29) is 11.7 Å². The fourth-order valence-electron chi connectivity index (χ4n) is 2.85. The fourth-order valence-corrected chi connectivity index (χ4v) is 4.09. The van der Waals surface area contributed by atoms with Crippen molar-refractivity contribution in [1.29, 1.82) is 0 Å². The van der Waals surface area contributed by atoms with Gasteiger partial charge in [-0.05, 0) is 49.5 Å². The summed E-state index contributed by atoms with van der Waals surface area (Å²) in [6, 6.07) is 0. The molecule has 2 rings (SSSR count). The van der Waals surface area contributed by atoms with E-state index in [1.165, 1.54) is 11.5 Å². The highest BCUT2D eigenvalue weighted by Gasteiger charge is 2.40. The molecule has 1 N–H and O–H groups in total. The summed E-state index contributed by atoms with van der Waals surface area (Å²) in [5, 5.41) is 10.1. The summed E-state index contributed by atoms with van der Waals surface area (Å²) in [5.41, 5.74) is 0.0936.